The van der Waals surface area contributed by atoms with Crippen LogP contribution in [0.1, 0.15) is 32.6 Å². The highest BCUT2D eigenvalue weighted by molar-refractivity contribution is 5.93. The van der Waals surface area contributed by atoms with Gasteiger partial charge in [-0.3, -0.25) is 4.79 Å². The van der Waals surface area contributed by atoms with Crippen LogP contribution in [0.2, 0.25) is 0 Å². The predicted octanol–water partition coefficient (Wildman–Crippen LogP) is 4.47. The number of hydrogen-bond acceptors (Lipinski definition) is 5. The molecule has 0 spiro atoms. The van der Waals surface area contributed by atoms with Gasteiger partial charge >= 0.3 is 0 Å². The molecule has 29 heavy (non-hydrogen) atoms. The number of hydrogen-bond donors (Lipinski definition) is 2. The highest BCUT2D eigenvalue weighted by Gasteiger charge is 2.15. The first-order chi connectivity index (χ1) is 14.2. The van der Waals surface area contributed by atoms with E-state index in [1.807, 2.05) is 48.5 Å². The predicted molar refractivity (Wildman–Crippen MR) is 115 cm³/mol. The van der Waals surface area contributed by atoms with E-state index in [1.165, 1.54) is 0 Å². The summed E-state index contributed by atoms with van der Waals surface area (Å²) in [5.41, 5.74) is 1.59. The molecule has 0 aromatic heterocycles. The maximum atomic E-state index is 12.2. The fourth-order valence-electron chi connectivity index (χ4n) is 3.02. The van der Waals surface area contributed by atoms with Crippen molar-refractivity contribution in [2.45, 2.75) is 38.7 Å². The molecule has 2 N–H and O–H groups in total. The van der Waals surface area contributed by atoms with Crippen LogP contribution < -0.4 is 20.1 Å². The van der Waals surface area contributed by atoms with E-state index in [-0.39, 0.29) is 18.6 Å². The zero-order valence-electron chi connectivity index (χ0n) is 17.0. The van der Waals surface area contributed by atoms with Crippen molar-refractivity contribution in [1.29, 1.82) is 0 Å². The Morgan fingerprint density at radius 1 is 1.10 bits per heavy atom. The molecular weight excluding hydrogens is 368 g/mol. The van der Waals surface area contributed by atoms with Crippen LogP contribution in [0.5, 0.6) is 11.5 Å². The fourth-order valence-corrected chi connectivity index (χ4v) is 3.02. The van der Waals surface area contributed by atoms with E-state index in [4.69, 9.17) is 14.2 Å². The molecule has 156 valence electrons. The highest BCUT2D eigenvalue weighted by atomic mass is 16.5. The second kappa shape index (κ2) is 11.3. The summed E-state index contributed by atoms with van der Waals surface area (Å²) in [6.07, 6.45) is 4.47. The number of benzene rings is 2. The van der Waals surface area contributed by atoms with E-state index < -0.39 is 0 Å². The second-order valence-corrected chi connectivity index (χ2v) is 7.10. The largest absolute Gasteiger partial charge is 0.494 e. The van der Waals surface area contributed by atoms with Gasteiger partial charge in [-0.25, -0.2) is 0 Å². The van der Waals surface area contributed by atoms with Crippen LogP contribution >= 0.6 is 0 Å². The lowest BCUT2D eigenvalue weighted by Gasteiger charge is -2.12. The van der Waals surface area contributed by atoms with E-state index in [2.05, 4.69) is 17.6 Å². The van der Waals surface area contributed by atoms with Gasteiger partial charge < -0.3 is 24.8 Å². The summed E-state index contributed by atoms with van der Waals surface area (Å²) < 4.78 is 17.0. The first-order valence-corrected chi connectivity index (χ1v) is 10.3. The number of unbranched alkanes of at least 4 members (excludes halogenated alkanes) is 1. The quantitative estimate of drug-likeness (QED) is 0.547. The lowest BCUT2D eigenvalue weighted by molar-refractivity contribution is -0.114. The van der Waals surface area contributed by atoms with Crippen molar-refractivity contribution in [3.63, 3.8) is 0 Å². The van der Waals surface area contributed by atoms with Gasteiger partial charge in [0.05, 0.1) is 19.3 Å². The average molecular weight is 399 g/mol. The van der Waals surface area contributed by atoms with Crippen LogP contribution in [-0.2, 0) is 9.53 Å². The fraction of sp³-hybridized carbons (Fsp3) is 0.435. The second-order valence-electron chi connectivity index (χ2n) is 7.10. The van der Waals surface area contributed by atoms with E-state index in [1.54, 1.807) is 0 Å². The molecule has 0 saturated carbocycles. The Labute approximate surface area is 172 Å². The highest BCUT2D eigenvalue weighted by Crippen LogP contribution is 2.19. The minimum Gasteiger partial charge on any atom is -0.494 e. The summed E-state index contributed by atoms with van der Waals surface area (Å²) in [6, 6.07) is 15.1. The summed E-state index contributed by atoms with van der Waals surface area (Å²) in [4.78, 5) is 12.2. The molecule has 6 nitrogen and oxygen atoms in total. The van der Waals surface area contributed by atoms with E-state index >= 15 is 0 Å². The Morgan fingerprint density at radius 3 is 2.72 bits per heavy atom. The summed E-state index contributed by atoms with van der Waals surface area (Å²) in [7, 11) is 0. The van der Waals surface area contributed by atoms with Gasteiger partial charge in [-0.1, -0.05) is 19.4 Å². The van der Waals surface area contributed by atoms with Crippen molar-refractivity contribution in [1.82, 2.24) is 0 Å². The number of rotatable bonds is 11. The summed E-state index contributed by atoms with van der Waals surface area (Å²) in [5.74, 6) is 1.45. The van der Waals surface area contributed by atoms with Gasteiger partial charge in [0.25, 0.3) is 0 Å². The lowest BCUT2D eigenvalue weighted by atomic mass is 10.2. The van der Waals surface area contributed by atoms with Crippen LogP contribution in [0.3, 0.4) is 0 Å². The number of ether oxygens (including phenoxy) is 3. The smallest absolute Gasteiger partial charge is 0.243 e. The third-order valence-corrected chi connectivity index (χ3v) is 4.65. The van der Waals surface area contributed by atoms with Crippen LogP contribution in [0, 0.1) is 0 Å². The Kier molecular flexibility index (Phi) is 8.19. The van der Waals surface area contributed by atoms with Gasteiger partial charge in [0, 0.05) is 24.0 Å². The Bertz CT molecular complexity index is 758. The summed E-state index contributed by atoms with van der Waals surface area (Å²) >= 11 is 0. The SMILES string of the molecule is CCCCOc1cccc(NC(=O)CNc2ccc(OCC3CCCO3)cc2)c1. The van der Waals surface area contributed by atoms with Crippen molar-refractivity contribution in [3.05, 3.63) is 48.5 Å². The molecule has 2 aromatic rings. The van der Waals surface area contributed by atoms with Crippen molar-refractivity contribution in [3.8, 4) is 11.5 Å². The maximum Gasteiger partial charge on any atom is 0.243 e. The summed E-state index contributed by atoms with van der Waals surface area (Å²) in [5, 5.41) is 6.01. The van der Waals surface area contributed by atoms with E-state index in [0.29, 0.717) is 13.2 Å². The molecule has 1 saturated heterocycles. The molecule has 1 atom stereocenters. The molecular formula is C23H30N2O4. The van der Waals surface area contributed by atoms with Gasteiger partial charge in [0.1, 0.15) is 18.1 Å². The van der Waals surface area contributed by atoms with E-state index in [0.717, 1.165) is 55.2 Å². The molecule has 2 aromatic carbocycles. The van der Waals surface area contributed by atoms with E-state index in [9.17, 15) is 4.79 Å². The molecule has 0 bridgehead atoms. The molecule has 1 fully saturated rings. The van der Waals surface area contributed by atoms with Gasteiger partial charge in [0.15, 0.2) is 0 Å². The Morgan fingerprint density at radius 2 is 1.97 bits per heavy atom. The number of anilines is 2. The monoisotopic (exact) mass is 398 g/mol. The number of carbonyl (C=O) groups is 1. The lowest BCUT2D eigenvalue weighted by Crippen LogP contribution is -2.21. The van der Waals surface area contributed by atoms with Gasteiger partial charge in [-0.15, -0.1) is 0 Å². The first kappa shape index (κ1) is 21.0. The van der Waals surface area contributed by atoms with Gasteiger partial charge in [-0.05, 0) is 55.7 Å². The Hall–Kier alpha value is -2.73. The van der Waals surface area contributed by atoms with Crippen LogP contribution in [-0.4, -0.2) is 38.4 Å². The molecule has 3 rings (SSSR count). The standard InChI is InChI=1S/C23H30N2O4/c1-2-3-13-27-21-7-4-6-19(15-21)25-23(26)16-24-18-9-11-20(12-10-18)29-17-22-8-5-14-28-22/h4,6-7,9-12,15,22,24H,2-3,5,8,13-14,16-17H2,1H3,(H,25,26). The molecule has 1 aliphatic rings. The third kappa shape index (κ3) is 7.31. The number of carbonyl (C=O) groups excluding carboxylic acids is 1. The number of nitrogens with one attached hydrogen (secondary N) is 2. The minimum atomic E-state index is -0.116. The van der Waals surface area contributed by atoms with Crippen molar-refractivity contribution < 1.29 is 19.0 Å². The molecule has 1 unspecified atom stereocenters. The average Bonchev–Trinajstić information content (AvgIpc) is 3.26. The van der Waals surface area contributed by atoms with Crippen LogP contribution in [0.25, 0.3) is 0 Å². The first-order valence-electron chi connectivity index (χ1n) is 10.3. The molecule has 6 heteroatoms. The Balaban J connectivity index is 1.40. The topological polar surface area (TPSA) is 68.8 Å². The van der Waals surface area contributed by atoms with Gasteiger partial charge in [-0.2, -0.15) is 0 Å². The molecule has 1 amide bonds. The van der Waals surface area contributed by atoms with Crippen LogP contribution in [0.4, 0.5) is 11.4 Å². The zero-order valence-corrected chi connectivity index (χ0v) is 17.0. The number of amides is 1. The molecule has 1 aliphatic heterocycles. The van der Waals surface area contributed by atoms with Crippen molar-refractivity contribution in [2.24, 2.45) is 0 Å². The summed E-state index contributed by atoms with van der Waals surface area (Å²) in [6.45, 7) is 4.39. The van der Waals surface area contributed by atoms with Crippen LogP contribution in [0.15, 0.2) is 48.5 Å². The molecule has 0 aliphatic carbocycles. The van der Waals surface area contributed by atoms with Crippen molar-refractivity contribution >= 4 is 17.3 Å². The zero-order chi connectivity index (χ0) is 20.3. The van der Waals surface area contributed by atoms with Crippen molar-refractivity contribution in [2.75, 3.05) is 37.0 Å². The normalized spacial score (nSPS) is 15.7. The minimum absolute atomic E-state index is 0.116. The third-order valence-electron chi connectivity index (χ3n) is 4.65. The molecule has 0 radical (unpaired) electrons. The maximum absolute atomic E-state index is 12.2. The van der Waals surface area contributed by atoms with Gasteiger partial charge in [0.2, 0.25) is 5.91 Å². The molecule has 1 heterocycles.